The van der Waals surface area contributed by atoms with Crippen molar-refractivity contribution in [3.63, 3.8) is 0 Å². The first-order valence-corrected chi connectivity index (χ1v) is 12.7. The molecule has 2 amide bonds. The zero-order valence-corrected chi connectivity index (χ0v) is 20.3. The Morgan fingerprint density at radius 2 is 1.68 bits per heavy atom. The number of fused-ring (bicyclic) bond motifs is 3. The smallest absolute Gasteiger partial charge is 0.271 e. The van der Waals surface area contributed by atoms with Crippen molar-refractivity contribution in [2.75, 3.05) is 0 Å². The lowest BCUT2D eigenvalue weighted by atomic mass is 9.91. The van der Waals surface area contributed by atoms with Gasteiger partial charge in [0.15, 0.2) is 0 Å². The van der Waals surface area contributed by atoms with E-state index in [9.17, 15) is 9.59 Å². The SMILES string of the molecule is Cc1ccc(CN2C(=O)c3cc4ccccc4n3CC2(C)C(=O)NC2CCCCCCC2)cc1. The summed E-state index contributed by atoms with van der Waals surface area (Å²) in [5.74, 6) is -0.125. The van der Waals surface area contributed by atoms with Crippen LogP contribution >= 0.6 is 0 Å². The zero-order chi connectivity index (χ0) is 23.7. The highest BCUT2D eigenvalue weighted by Crippen LogP contribution is 2.34. The minimum absolute atomic E-state index is 0.0398. The highest BCUT2D eigenvalue weighted by Gasteiger charge is 2.48. The zero-order valence-electron chi connectivity index (χ0n) is 20.3. The number of carbonyl (C=O) groups excluding carboxylic acids is 2. The largest absolute Gasteiger partial charge is 0.351 e. The molecule has 0 saturated heterocycles. The van der Waals surface area contributed by atoms with Gasteiger partial charge in [0, 0.05) is 23.5 Å². The fraction of sp³-hybridized carbons (Fsp3) is 0.448. The topological polar surface area (TPSA) is 54.3 Å². The van der Waals surface area contributed by atoms with E-state index in [1.807, 2.05) is 41.8 Å². The summed E-state index contributed by atoms with van der Waals surface area (Å²) in [5, 5.41) is 4.40. The van der Waals surface area contributed by atoms with Crippen LogP contribution in [-0.4, -0.2) is 32.9 Å². The van der Waals surface area contributed by atoms with Crippen molar-refractivity contribution >= 4 is 22.7 Å². The Bertz CT molecular complexity index is 1190. The van der Waals surface area contributed by atoms with E-state index in [0.29, 0.717) is 18.8 Å². The molecule has 5 heteroatoms. The number of hydrogen-bond donors (Lipinski definition) is 1. The first-order chi connectivity index (χ1) is 16.5. The molecule has 5 rings (SSSR count). The number of aromatic nitrogens is 1. The van der Waals surface area contributed by atoms with E-state index in [0.717, 1.165) is 42.1 Å². The van der Waals surface area contributed by atoms with Crippen LogP contribution in [0.2, 0.25) is 0 Å². The third-order valence-corrected chi connectivity index (χ3v) is 7.73. The van der Waals surface area contributed by atoms with Crippen molar-refractivity contribution in [3.8, 4) is 0 Å². The van der Waals surface area contributed by atoms with Gasteiger partial charge in [-0.1, -0.05) is 80.1 Å². The first kappa shape index (κ1) is 22.7. The molecule has 178 valence electrons. The van der Waals surface area contributed by atoms with Gasteiger partial charge in [-0.3, -0.25) is 9.59 Å². The van der Waals surface area contributed by atoms with E-state index < -0.39 is 5.54 Å². The fourth-order valence-electron chi connectivity index (χ4n) is 5.57. The molecule has 0 spiro atoms. The number of rotatable bonds is 4. The standard InChI is InChI=1S/C29H35N3O2/c1-21-14-16-22(17-15-21)19-32-27(33)26-18-23-10-8-9-13-25(23)31(26)20-29(32,2)28(34)30-24-11-6-4-3-5-7-12-24/h8-10,13-18,24H,3-7,11-12,19-20H2,1-2H3,(H,30,34). The average Bonchev–Trinajstić information content (AvgIpc) is 3.18. The van der Waals surface area contributed by atoms with E-state index in [1.165, 1.54) is 24.8 Å². The van der Waals surface area contributed by atoms with Crippen molar-refractivity contribution in [2.24, 2.45) is 0 Å². The van der Waals surface area contributed by atoms with Gasteiger partial charge >= 0.3 is 0 Å². The third kappa shape index (κ3) is 4.24. The molecule has 34 heavy (non-hydrogen) atoms. The van der Waals surface area contributed by atoms with Crippen molar-refractivity contribution in [2.45, 2.75) is 83.5 Å². The molecule has 2 aliphatic rings. The quantitative estimate of drug-likeness (QED) is 0.555. The van der Waals surface area contributed by atoms with Gasteiger partial charge in [0.25, 0.3) is 5.91 Å². The molecular formula is C29H35N3O2. The number of nitrogens with zero attached hydrogens (tertiary/aromatic N) is 2. The van der Waals surface area contributed by atoms with Crippen LogP contribution in [0.1, 0.15) is 73.5 Å². The number of aryl methyl sites for hydroxylation is 1. The van der Waals surface area contributed by atoms with E-state index in [4.69, 9.17) is 0 Å². The van der Waals surface area contributed by atoms with Gasteiger partial charge in [-0.25, -0.2) is 0 Å². The number of nitrogens with one attached hydrogen (secondary N) is 1. The molecule has 1 unspecified atom stereocenters. The summed E-state index contributed by atoms with van der Waals surface area (Å²) >= 11 is 0. The number of hydrogen-bond acceptors (Lipinski definition) is 2. The lowest BCUT2D eigenvalue weighted by molar-refractivity contribution is -0.134. The first-order valence-electron chi connectivity index (χ1n) is 12.7. The summed E-state index contributed by atoms with van der Waals surface area (Å²) in [6.45, 7) is 4.86. The second kappa shape index (κ2) is 9.28. The summed E-state index contributed by atoms with van der Waals surface area (Å²) in [4.78, 5) is 29.6. The second-order valence-electron chi connectivity index (χ2n) is 10.3. The Balaban J connectivity index is 1.51. The van der Waals surface area contributed by atoms with Crippen LogP contribution in [0.25, 0.3) is 10.9 Å². The highest BCUT2D eigenvalue weighted by molar-refractivity contribution is 6.03. The predicted octanol–water partition coefficient (Wildman–Crippen LogP) is 5.59. The van der Waals surface area contributed by atoms with Gasteiger partial charge in [0.2, 0.25) is 5.91 Å². The lowest BCUT2D eigenvalue weighted by Crippen LogP contribution is -2.64. The normalized spacial score (nSPS) is 21.7. The van der Waals surface area contributed by atoms with Crippen LogP contribution in [0, 0.1) is 6.92 Å². The molecule has 1 N–H and O–H groups in total. The molecule has 1 atom stereocenters. The van der Waals surface area contributed by atoms with Crippen LogP contribution in [-0.2, 0) is 17.9 Å². The highest BCUT2D eigenvalue weighted by atomic mass is 16.2. The molecule has 0 bridgehead atoms. The molecule has 1 aliphatic heterocycles. The number of carbonyl (C=O) groups is 2. The van der Waals surface area contributed by atoms with E-state index in [2.05, 4.69) is 36.5 Å². The third-order valence-electron chi connectivity index (χ3n) is 7.73. The molecule has 5 nitrogen and oxygen atoms in total. The summed E-state index contributed by atoms with van der Waals surface area (Å²) in [7, 11) is 0. The van der Waals surface area contributed by atoms with E-state index >= 15 is 0 Å². The molecule has 1 aromatic heterocycles. The number of benzene rings is 2. The summed E-state index contributed by atoms with van der Waals surface area (Å²) < 4.78 is 2.04. The van der Waals surface area contributed by atoms with Gasteiger partial charge in [-0.15, -0.1) is 0 Å². The van der Waals surface area contributed by atoms with E-state index in [1.54, 1.807) is 4.90 Å². The Morgan fingerprint density at radius 3 is 2.41 bits per heavy atom. The van der Waals surface area contributed by atoms with Crippen LogP contribution in [0.15, 0.2) is 54.6 Å². The molecule has 2 aromatic carbocycles. The maximum Gasteiger partial charge on any atom is 0.271 e. The van der Waals surface area contributed by atoms with Crippen molar-refractivity contribution in [1.82, 2.24) is 14.8 Å². The Morgan fingerprint density at radius 1 is 1.00 bits per heavy atom. The van der Waals surface area contributed by atoms with Crippen molar-refractivity contribution < 1.29 is 9.59 Å². The minimum Gasteiger partial charge on any atom is -0.351 e. The monoisotopic (exact) mass is 457 g/mol. The Hall–Kier alpha value is -3.08. The Kier molecular flexibility index (Phi) is 6.20. The molecular weight excluding hydrogens is 422 g/mol. The van der Waals surface area contributed by atoms with E-state index in [-0.39, 0.29) is 17.9 Å². The van der Waals surface area contributed by atoms with Crippen molar-refractivity contribution in [1.29, 1.82) is 0 Å². The molecule has 2 heterocycles. The molecule has 3 aromatic rings. The molecule has 1 fully saturated rings. The fourth-order valence-corrected chi connectivity index (χ4v) is 5.57. The number of para-hydroxylation sites is 1. The molecule has 1 aliphatic carbocycles. The maximum absolute atomic E-state index is 13.9. The van der Waals surface area contributed by atoms with Gasteiger partial charge < -0.3 is 14.8 Å². The van der Waals surface area contributed by atoms with Gasteiger partial charge in [-0.2, -0.15) is 0 Å². The minimum atomic E-state index is -0.973. The number of amides is 2. The van der Waals surface area contributed by atoms with Gasteiger partial charge in [0.05, 0.1) is 6.54 Å². The van der Waals surface area contributed by atoms with Gasteiger partial charge in [0.1, 0.15) is 11.2 Å². The molecule has 0 radical (unpaired) electrons. The lowest BCUT2D eigenvalue weighted by Gasteiger charge is -2.44. The summed E-state index contributed by atoms with van der Waals surface area (Å²) in [6.07, 6.45) is 8.11. The van der Waals surface area contributed by atoms with Crippen LogP contribution in [0.5, 0.6) is 0 Å². The summed E-state index contributed by atoms with van der Waals surface area (Å²) in [5.41, 5.74) is 2.90. The van der Waals surface area contributed by atoms with Gasteiger partial charge in [-0.05, 0) is 44.4 Å². The second-order valence-corrected chi connectivity index (χ2v) is 10.3. The summed E-state index contributed by atoms with van der Waals surface area (Å²) in [6, 6.07) is 18.4. The maximum atomic E-state index is 13.9. The predicted molar refractivity (Wildman–Crippen MR) is 136 cm³/mol. The van der Waals surface area contributed by atoms with Crippen molar-refractivity contribution in [3.05, 3.63) is 71.4 Å². The average molecular weight is 458 g/mol. The van der Waals surface area contributed by atoms with Crippen LogP contribution in [0.4, 0.5) is 0 Å². The Labute approximate surface area is 202 Å². The molecule has 1 saturated carbocycles. The van der Waals surface area contributed by atoms with Crippen LogP contribution in [0.3, 0.4) is 0 Å². The van der Waals surface area contributed by atoms with Crippen LogP contribution < -0.4 is 5.32 Å².